The van der Waals surface area contributed by atoms with Crippen LogP contribution in [-0.4, -0.2) is 42.4 Å². The van der Waals surface area contributed by atoms with Crippen LogP contribution >= 0.6 is 12.6 Å². The van der Waals surface area contributed by atoms with Crippen LogP contribution in [0.15, 0.2) is 0 Å². The molecule has 0 aromatic carbocycles. The molecule has 0 aromatic rings. The highest BCUT2D eigenvalue weighted by Gasteiger charge is 2.17. The van der Waals surface area contributed by atoms with E-state index < -0.39 is 0 Å². The van der Waals surface area contributed by atoms with Gasteiger partial charge >= 0.3 is 0 Å². The summed E-state index contributed by atoms with van der Waals surface area (Å²) < 4.78 is 5.14. The summed E-state index contributed by atoms with van der Waals surface area (Å²) in [4.78, 5) is 13.3. The molecule has 1 fully saturated rings. The Kier molecular flexibility index (Phi) is 3.88. The predicted molar refractivity (Wildman–Crippen MR) is 50.5 cm³/mol. The molecule has 1 heterocycles. The van der Waals surface area contributed by atoms with Crippen molar-refractivity contribution in [1.29, 1.82) is 0 Å². The fraction of sp³-hybridized carbons (Fsp3) is 0.875. The van der Waals surface area contributed by atoms with E-state index >= 15 is 0 Å². The Bertz CT molecular complexity index is 155. The van der Waals surface area contributed by atoms with Crippen molar-refractivity contribution in [2.75, 3.05) is 26.3 Å². The first-order valence-electron chi connectivity index (χ1n) is 4.23. The molecular weight excluding hydrogens is 174 g/mol. The average molecular weight is 189 g/mol. The van der Waals surface area contributed by atoms with E-state index in [1.54, 1.807) is 0 Å². The number of rotatable bonds is 2. The number of carbonyl (C=O) groups excluding carboxylic acids is 1. The van der Waals surface area contributed by atoms with E-state index in [0.717, 1.165) is 13.1 Å². The quantitative estimate of drug-likeness (QED) is 0.643. The van der Waals surface area contributed by atoms with Gasteiger partial charge in [0.25, 0.3) is 0 Å². The lowest BCUT2D eigenvalue weighted by Gasteiger charge is -2.27. The molecule has 12 heavy (non-hydrogen) atoms. The molecule has 0 saturated carbocycles. The van der Waals surface area contributed by atoms with Gasteiger partial charge in [-0.3, -0.25) is 4.79 Å². The summed E-state index contributed by atoms with van der Waals surface area (Å²) in [6.07, 6.45) is 0.531. The van der Waals surface area contributed by atoms with Crippen LogP contribution in [0.2, 0.25) is 0 Å². The van der Waals surface area contributed by atoms with Crippen molar-refractivity contribution in [2.45, 2.75) is 18.6 Å². The van der Waals surface area contributed by atoms with Crippen LogP contribution in [0, 0.1) is 0 Å². The van der Waals surface area contributed by atoms with Crippen molar-refractivity contribution in [1.82, 2.24) is 4.90 Å². The number of carbonyl (C=O) groups is 1. The van der Waals surface area contributed by atoms with Crippen LogP contribution in [-0.2, 0) is 9.53 Å². The van der Waals surface area contributed by atoms with E-state index in [1.165, 1.54) is 0 Å². The zero-order valence-corrected chi connectivity index (χ0v) is 8.22. The van der Waals surface area contributed by atoms with E-state index in [-0.39, 0.29) is 11.2 Å². The van der Waals surface area contributed by atoms with E-state index in [0.29, 0.717) is 19.6 Å². The van der Waals surface area contributed by atoms with Gasteiger partial charge in [0.15, 0.2) is 0 Å². The van der Waals surface area contributed by atoms with Crippen LogP contribution in [0.1, 0.15) is 13.3 Å². The summed E-state index contributed by atoms with van der Waals surface area (Å²) in [6, 6.07) is 0. The van der Waals surface area contributed by atoms with Crippen molar-refractivity contribution in [3.8, 4) is 0 Å². The molecular formula is C8H15NO2S. The van der Waals surface area contributed by atoms with Gasteiger partial charge in [0.05, 0.1) is 13.2 Å². The minimum atomic E-state index is 0.153. The number of amides is 1. The first-order chi connectivity index (χ1) is 5.70. The Balaban J connectivity index is 2.30. The van der Waals surface area contributed by atoms with E-state index in [4.69, 9.17) is 4.74 Å². The maximum absolute atomic E-state index is 11.4. The first-order valence-corrected chi connectivity index (χ1v) is 4.75. The lowest BCUT2D eigenvalue weighted by atomic mass is 10.3. The molecule has 1 rings (SSSR count). The van der Waals surface area contributed by atoms with Crippen molar-refractivity contribution in [3.05, 3.63) is 0 Å². The average Bonchev–Trinajstić information content (AvgIpc) is 2.05. The largest absolute Gasteiger partial charge is 0.378 e. The van der Waals surface area contributed by atoms with Gasteiger partial charge in [-0.05, 0) is 0 Å². The Labute approximate surface area is 78.5 Å². The third kappa shape index (κ3) is 3.03. The topological polar surface area (TPSA) is 29.5 Å². The SMILES string of the molecule is C[C@H](S)CC(=O)N1CCOCC1. The molecule has 1 aliphatic rings. The highest BCUT2D eigenvalue weighted by atomic mass is 32.1. The van der Waals surface area contributed by atoms with Crippen LogP contribution in [0.3, 0.4) is 0 Å². The molecule has 0 unspecified atom stereocenters. The summed E-state index contributed by atoms with van der Waals surface area (Å²) >= 11 is 4.18. The van der Waals surface area contributed by atoms with Gasteiger partial charge < -0.3 is 9.64 Å². The molecule has 0 bridgehead atoms. The predicted octanol–water partition coefficient (Wildman–Crippen LogP) is 0.554. The molecule has 0 N–H and O–H groups in total. The van der Waals surface area contributed by atoms with Crippen molar-refractivity contribution in [2.24, 2.45) is 0 Å². The third-order valence-electron chi connectivity index (χ3n) is 1.83. The second-order valence-electron chi connectivity index (χ2n) is 3.05. The van der Waals surface area contributed by atoms with E-state index in [1.807, 2.05) is 11.8 Å². The molecule has 3 nitrogen and oxygen atoms in total. The molecule has 0 spiro atoms. The third-order valence-corrected chi connectivity index (χ3v) is 2.02. The molecule has 0 radical (unpaired) electrons. The Hall–Kier alpha value is -0.220. The minimum Gasteiger partial charge on any atom is -0.378 e. The summed E-state index contributed by atoms with van der Waals surface area (Å²) in [7, 11) is 0. The van der Waals surface area contributed by atoms with Gasteiger partial charge in [-0.2, -0.15) is 12.6 Å². The standard InChI is InChI=1S/C8H15NO2S/c1-7(12)6-8(10)9-2-4-11-5-3-9/h7,12H,2-6H2,1H3/t7-/m0/s1. The minimum absolute atomic E-state index is 0.153. The number of hydrogen-bond donors (Lipinski definition) is 1. The Morgan fingerprint density at radius 2 is 2.17 bits per heavy atom. The molecule has 70 valence electrons. The van der Waals surface area contributed by atoms with Crippen molar-refractivity contribution >= 4 is 18.5 Å². The van der Waals surface area contributed by atoms with Crippen molar-refractivity contribution in [3.63, 3.8) is 0 Å². The number of thiol groups is 1. The zero-order valence-electron chi connectivity index (χ0n) is 7.32. The number of nitrogens with zero attached hydrogens (tertiary/aromatic N) is 1. The van der Waals surface area contributed by atoms with Crippen molar-refractivity contribution < 1.29 is 9.53 Å². The van der Waals surface area contributed by atoms with Gasteiger partial charge in [0.1, 0.15) is 0 Å². The molecule has 1 saturated heterocycles. The molecule has 0 aliphatic carbocycles. The van der Waals surface area contributed by atoms with Crippen LogP contribution in [0.5, 0.6) is 0 Å². The van der Waals surface area contributed by atoms with Crippen LogP contribution in [0.4, 0.5) is 0 Å². The highest BCUT2D eigenvalue weighted by Crippen LogP contribution is 2.05. The molecule has 4 heteroatoms. The highest BCUT2D eigenvalue weighted by molar-refractivity contribution is 7.80. The second kappa shape index (κ2) is 4.72. The van der Waals surface area contributed by atoms with Gasteiger partial charge in [-0.25, -0.2) is 0 Å². The van der Waals surface area contributed by atoms with Gasteiger partial charge in [-0.1, -0.05) is 6.92 Å². The Morgan fingerprint density at radius 1 is 1.58 bits per heavy atom. The van der Waals surface area contributed by atoms with Gasteiger partial charge in [0.2, 0.25) is 5.91 Å². The Morgan fingerprint density at radius 3 is 2.67 bits per heavy atom. The first kappa shape index (κ1) is 9.86. The fourth-order valence-corrected chi connectivity index (χ4v) is 1.35. The van der Waals surface area contributed by atoms with Crippen LogP contribution < -0.4 is 0 Å². The number of morpholine rings is 1. The van der Waals surface area contributed by atoms with Crippen LogP contribution in [0.25, 0.3) is 0 Å². The lowest BCUT2D eigenvalue weighted by Crippen LogP contribution is -2.41. The van der Waals surface area contributed by atoms with E-state index in [2.05, 4.69) is 12.6 Å². The molecule has 1 aliphatic heterocycles. The summed E-state index contributed by atoms with van der Waals surface area (Å²) in [5.74, 6) is 0.195. The fourth-order valence-electron chi connectivity index (χ4n) is 1.19. The monoisotopic (exact) mass is 189 g/mol. The second-order valence-corrected chi connectivity index (χ2v) is 3.93. The van der Waals surface area contributed by atoms with Gasteiger partial charge in [-0.15, -0.1) is 0 Å². The maximum atomic E-state index is 11.4. The molecule has 1 atom stereocenters. The van der Waals surface area contributed by atoms with Gasteiger partial charge in [0, 0.05) is 24.8 Å². The number of ether oxygens (including phenoxy) is 1. The normalized spacial score (nSPS) is 20.7. The maximum Gasteiger partial charge on any atom is 0.223 e. The van der Waals surface area contributed by atoms with E-state index in [9.17, 15) is 4.79 Å². The summed E-state index contributed by atoms with van der Waals surface area (Å²) in [5, 5.41) is 0.153. The molecule has 0 aromatic heterocycles. The smallest absolute Gasteiger partial charge is 0.223 e. The lowest BCUT2D eigenvalue weighted by molar-refractivity contribution is -0.135. The zero-order chi connectivity index (χ0) is 8.97. The molecule has 1 amide bonds. The number of hydrogen-bond acceptors (Lipinski definition) is 3. The summed E-state index contributed by atoms with van der Waals surface area (Å²) in [6.45, 7) is 4.75. The summed E-state index contributed by atoms with van der Waals surface area (Å²) in [5.41, 5.74) is 0.